The number of allylic oxidation sites excluding steroid dienone is 1. The first-order valence-corrected chi connectivity index (χ1v) is 8.68. The third-order valence-corrected chi connectivity index (χ3v) is 3.89. The molecule has 0 bridgehead atoms. The van der Waals surface area contributed by atoms with Crippen molar-refractivity contribution in [3.05, 3.63) is 35.4 Å². The van der Waals surface area contributed by atoms with Crippen LogP contribution in [0.4, 0.5) is 0 Å². The zero-order chi connectivity index (χ0) is 17.4. The maximum Gasteiger partial charge on any atom is 0.191 e. The Bertz CT molecular complexity index is 597. The molecule has 24 heavy (non-hydrogen) atoms. The van der Waals surface area contributed by atoms with Crippen LogP contribution in [-0.4, -0.2) is 32.3 Å². The predicted octanol–water partition coefficient (Wildman–Crippen LogP) is 3.04. The molecule has 1 unspecified atom stereocenters. The molecule has 1 aromatic carbocycles. The van der Waals surface area contributed by atoms with Crippen LogP contribution in [0, 0.1) is 0 Å². The second-order valence-corrected chi connectivity index (χ2v) is 5.84. The summed E-state index contributed by atoms with van der Waals surface area (Å²) >= 11 is 0. The average Bonchev–Trinajstić information content (AvgIpc) is 2.93. The molecule has 0 aliphatic carbocycles. The molecule has 0 spiro atoms. The predicted molar refractivity (Wildman–Crippen MR) is 99.0 cm³/mol. The van der Waals surface area contributed by atoms with Crippen LogP contribution in [0.5, 0.6) is 11.5 Å². The minimum absolute atomic E-state index is 0.235. The van der Waals surface area contributed by atoms with Crippen LogP contribution >= 0.6 is 0 Å². The van der Waals surface area contributed by atoms with Gasteiger partial charge < -0.3 is 20.1 Å². The standard InChI is InChI=1S/C19H29N3O2/c1-5-7-8-9-21-19(20-4)22-13-16-12-18-15(10-14(3)24-18)11-17(16)23-6-2/h5,7,11-12,14H,6,8-10,13H2,1-4H3,(H2,20,21,22)/b7-5+. The molecular weight excluding hydrogens is 302 g/mol. The number of fused-ring (bicyclic) bond motifs is 1. The van der Waals surface area contributed by atoms with Crippen molar-refractivity contribution in [2.24, 2.45) is 4.99 Å². The maximum absolute atomic E-state index is 5.87. The van der Waals surface area contributed by atoms with Crippen molar-refractivity contribution in [1.29, 1.82) is 0 Å². The minimum Gasteiger partial charge on any atom is -0.494 e. The van der Waals surface area contributed by atoms with Gasteiger partial charge in [0.15, 0.2) is 5.96 Å². The summed E-state index contributed by atoms with van der Waals surface area (Å²) in [5, 5.41) is 6.64. The summed E-state index contributed by atoms with van der Waals surface area (Å²) in [7, 11) is 1.78. The third kappa shape index (κ3) is 4.91. The molecular formula is C19H29N3O2. The van der Waals surface area contributed by atoms with E-state index in [1.54, 1.807) is 7.05 Å². The molecule has 1 aliphatic heterocycles. The van der Waals surface area contributed by atoms with E-state index in [0.29, 0.717) is 13.2 Å². The fraction of sp³-hybridized carbons (Fsp3) is 0.526. The number of hydrogen-bond donors (Lipinski definition) is 2. The smallest absolute Gasteiger partial charge is 0.191 e. The lowest BCUT2D eigenvalue weighted by Crippen LogP contribution is -2.37. The van der Waals surface area contributed by atoms with E-state index < -0.39 is 0 Å². The maximum atomic E-state index is 5.87. The summed E-state index contributed by atoms with van der Waals surface area (Å²) in [5.74, 6) is 2.68. The molecule has 0 aromatic heterocycles. The Morgan fingerprint density at radius 2 is 2.25 bits per heavy atom. The highest BCUT2D eigenvalue weighted by Crippen LogP contribution is 2.35. The van der Waals surface area contributed by atoms with Gasteiger partial charge in [0.2, 0.25) is 0 Å². The van der Waals surface area contributed by atoms with Gasteiger partial charge in [0.05, 0.1) is 6.61 Å². The van der Waals surface area contributed by atoms with Crippen molar-refractivity contribution in [2.75, 3.05) is 20.2 Å². The highest BCUT2D eigenvalue weighted by atomic mass is 16.5. The van der Waals surface area contributed by atoms with Gasteiger partial charge in [-0.15, -0.1) is 0 Å². The second-order valence-electron chi connectivity index (χ2n) is 5.84. The van der Waals surface area contributed by atoms with Crippen molar-refractivity contribution in [2.45, 2.75) is 46.3 Å². The van der Waals surface area contributed by atoms with Crippen LogP contribution in [0.1, 0.15) is 38.3 Å². The largest absolute Gasteiger partial charge is 0.494 e. The fourth-order valence-corrected chi connectivity index (χ4v) is 2.75. The van der Waals surface area contributed by atoms with Crippen LogP contribution in [-0.2, 0) is 13.0 Å². The van der Waals surface area contributed by atoms with Gasteiger partial charge in [-0.25, -0.2) is 0 Å². The first-order valence-electron chi connectivity index (χ1n) is 8.68. The van der Waals surface area contributed by atoms with Gasteiger partial charge in [0.1, 0.15) is 17.6 Å². The average molecular weight is 331 g/mol. The van der Waals surface area contributed by atoms with Crippen molar-refractivity contribution >= 4 is 5.96 Å². The number of guanidine groups is 1. The third-order valence-electron chi connectivity index (χ3n) is 3.89. The lowest BCUT2D eigenvalue weighted by Gasteiger charge is -2.15. The van der Waals surface area contributed by atoms with Crippen molar-refractivity contribution in [3.8, 4) is 11.5 Å². The van der Waals surface area contributed by atoms with Gasteiger partial charge in [-0.05, 0) is 39.3 Å². The molecule has 0 fully saturated rings. The summed E-state index contributed by atoms with van der Waals surface area (Å²) < 4.78 is 11.7. The first kappa shape index (κ1) is 18.2. The van der Waals surface area contributed by atoms with E-state index in [9.17, 15) is 0 Å². The Morgan fingerprint density at radius 1 is 1.42 bits per heavy atom. The van der Waals surface area contributed by atoms with Gasteiger partial charge in [-0.2, -0.15) is 0 Å². The number of ether oxygens (including phenoxy) is 2. The van der Waals surface area contributed by atoms with Crippen LogP contribution < -0.4 is 20.1 Å². The van der Waals surface area contributed by atoms with Crippen molar-refractivity contribution in [3.63, 3.8) is 0 Å². The first-order chi connectivity index (χ1) is 11.7. The van der Waals surface area contributed by atoms with Gasteiger partial charge in [-0.3, -0.25) is 4.99 Å². The van der Waals surface area contributed by atoms with Crippen LogP contribution in [0.15, 0.2) is 29.3 Å². The van der Waals surface area contributed by atoms with Crippen LogP contribution in [0.25, 0.3) is 0 Å². The second kappa shape index (κ2) is 9.21. The molecule has 0 saturated heterocycles. The molecule has 2 N–H and O–H groups in total. The Labute approximate surface area is 145 Å². The molecule has 1 aromatic rings. The lowest BCUT2D eigenvalue weighted by molar-refractivity contribution is 0.254. The molecule has 0 radical (unpaired) electrons. The van der Waals surface area contributed by atoms with Gasteiger partial charge in [0.25, 0.3) is 0 Å². The quantitative estimate of drug-likeness (QED) is 0.349. The normalized spacial score (nSPS) is 16.8. The van der Waals surface area contributed by atoms with E-state index in [2.05, 4.69) is 46.8 Å². The summed E-state index contributed by atoms with van der Waals surface area (Å²) in [6.45, 7) is 8.27. The molecule has 5 heteroatoms. The highest BCUT2D eigenvalue weighted by Gasteiger charge is 2.21. The summed E-state index contributed by atoms with van der Waals surface area (Å²) in [6.07, 6.45) is 6.34. The Balaban J connectivity index is 2.01. The molecule has 5 nitrogen and oxygen atoms in total. The zero-order valence-electron chi connectivity index (χ0n) is 15.2. The summed E-state index contributed by atoms with van der Waals surface area (Å²) in [6, 6.07) is 4.20. The van der Waals surface area contributed by atoms with E-state index in [1.165, 1.54) is 5.56 Å². The van der Waals surface area contributed by atoms with Gasteiger partial charge >= 0.3 is 0 Å². The van der Waals surface area contributed by atoms with E-state index >= 15 is 0 Å². The SMILES string of the molecule is C/C=C/CCNC(=NC)NCc1cc2c(cc1OCC)CC(C)O2. The fourth-order valence-electron chi connectivity index (χ4n) is 2.75. The number of nitrogens with zero attached hydrogens (tertiary/aromatic N) is 1. The highest BCUT2D eigenvalue weighted by molar-refractivity contribution is 5.79. The van der Waals surface area contributed by atoms with Crippen LogP contribution in [0.2, 0.25) is 0 Å². The van der Waals surface area contributed by atoms with Crippen molar-refractivity contribution < 1.29 is 9.47 Å². The Kier molecular flexibility index (Phi) is 6.97. The monoisotopic (exact) mass is 331 g/mol. The van der Waals surface area contributed by atoms with Crippen molar-refractivity contribution in [1.82, 2.24) is 10.6 Å². The Morgan fingerprint density at radius 3 is 2.96 bits per heavy atom. The minimum atomic E-state index is 0.235. The Hall–Kier alpha value is -2.17. The molecule has 1 atom stereocenters. The van der Waals surface area contributed by atoms with E-state index in [0.717, 1.165) is 42.4 Å². The van der Waals surface area contributed by atoms with E-state index in [-0.39, 0.29) is 6.10 Å². The number of benzene rings is 1. The van der Waals surface area contributed by atoms with Gasteiger partial charge in [0, 0.05) is 37.7 Å². The molecule has 132 valence electrons. The number of nitrogens with one attached hydrogen (secondary N) is 2. The van der Waals surface area contributed by atoms with E-state index in [4.69, 9.17) is 9.47 Å². The molecule has 0 amide bonds. The number of hydrogen-bond acceptors (Lipinski definition) is 3. The zero-order valence-corrected chi connectivity index (χ0v) is 15.2. The van der Waals surface area contributed by atoms with Crippen LogP contribution in [0.3, 0.4) is 0 Å². The van der Waals surface area contributed by atoms with E-state index in [1.807, 2.05) is 13.8 Å². The number of aliphatic imine (C=N–C) groups is 1. The summed E-state index contributed by atoms with van der Waals surface area (Å²) in [5.41, 5.74) is 2.31. The molecule has 1 aliphatic rings. The topological polar surface area (TPSA) is 54.9 Å². The number of rotatable bonds is 7. The molecule has 2 rings (SSSR count). The molecule has 0 saturated carbocycles. The lowest BCUT2D eigenvalue weighted by atomic mass is 10.1. The van der Waals surface area contributed by atoms with Gasteiger partial charge in [-0.1, -0.05) is 12.2 Å². The molecule has 1 heterocycles. The summed E-state index contributed by atoms with van der Waals surface area (Å²) in [4.78, 5) is 4.26.